The van der Waals surface area contributed by atoms with E-state index in [0.717, 1.165) is 22.6 Å². The molecule has 0 fully saturated rings. The van der Waals surface area contributed by atoms with Gasteiger partial charge in [-0.1, -0.05) is 12.1 Å². The first-order chi connectivity index (χ1) is 11.6. The maximum atomic E-state index is 11.9. The molecule has 0 aliphatic heterocycles. The SMILES string of the molecule is Cc1cc(C)n(-c2ccc(CCC(=O)Nc3ncccn3)cc2)n1. The highest BCUT2D eigenvalue weighted by Crippen LogP contribution is 2.14. The van der Waals surface area contributed by atoms with Gasteiger partial charge in [-0.25, -0.2) is 14.6 Å². The molecule has 2 aromatic heterocycles. The van der Waals surface area contributed by atoms with E-state index in [9.17, 15) is 4.79 Å². The molecule has 0 unspecified atom stereocenters. The Morgan fingerprint density at radius 1 is 1.12 bits per heavy atom. The summed E-state index contributed by atoms with van der Waals surface area (Å²) in [5, 5.41) is 7.15. The van der Waals surface area contributed by atoms with Crippen LogP contribution in [0.4, 0.5) is 5.95 Å². The van der Waals surface area contributed by atoms with Crippen molar-refractivity contribution < 1.29 is 4.79 Å². The molecule has 3 aromatic rings. The highest BCUT2D eigenvalue weighted by molar-refractivity contribution is 5.88. The second kappa shape index (κ2) is 7.04. The van der Waals surface area contributed by atoms with Crippen LogP contribution in [0.25, 0.3) is 5.69 Å². The fourth-order valence-corrected chi connectivity index (χ4v) is 2.50. The monoisotopic (exact) mass is 321 g/mol. The van der Waals surface area contributed by atoms with E-state index in [2.05, 4.69) is 20.4 Å². The highest BCUT2D eigenvalue weighted by Gasteiger charge is 2.06. The third-order valence-corrected chi connectivity index (χ3v) is 3.65. The average Bonchev–Trinajstić information content (AvgIpc) is 2.93. The van der Waals surface area contributed by atoms with Gasteiger partial charge in [-0.05, 0) is 50.1 Å². The molecule has 3 rings (SSSR count). The number of hydrogen-bond donors (Lipinski definition) is 1. The second-order valence-electron chi connectivity index (χ2n) is 5.63. The number of aromatic nitrogens is 4. The zero-order valence-corrected chi connectivity index (χ0v) is 13.7. The number of carbonyl (C=O) groups excluding carboxylic acids is 1. The van der Waals surface area contributed by atoms with Crippen LogP contribution >= 0.6 is 0 Å². The third kappa shape index (κ3) is 3.84. The lowest BCUT2D eigenvalue weighted by Gasteiger charge is -2.07. The summed E-state index contributed by atoms with van der Waals surface area (Å²) in [6.45, 7) is 4.01. The van der Waals surface area contributed by atoms with Gasteiger partial charge in [0.15, 0.2) is 0 Å². The molecule has 0 aliphatic carbocycles. The molecule has 0 saturated heterocycles. The zero-order chi connectivity index (χ0) is 16.9. The van der Waals surface area contributed by atoms with Crippen molar-refractivity contribution in [2.45, 2.75) is 26.7 Å². The largest absolute Gasteiger partial charge is 0.295 e. The van der Waals surface area contributed by atoms with Crippen LogP contribution in [0.2, 0.25) is 0 Å². The molecular formula is C18H19N5O. The summed E-state index contributed by atoms with van der Waals surface area (Å²) in [4.78, 5) is 19.9. The molecule has 0 saturated carbocycles. The Kier molecular flexibility index (Phi) is 4.65. The van der Waals surface area contributed by atoms with Crippen LogP contribution in [0.5, 0.6) is 0 Å². The van der Waals surface area contributed by atoms with Crippen LogP contribution in [-0.2, 0) is 11.2 Å². The van der Waals surface area contributed by atoms with Crippen molar-refractivity contribution in [3.63, 3.8) is 0 Å². The van der Waals surface area contributed by atoms with Crippen molar-refractivity contribution in [1.29, 1.82) is 0 Å². The number of nitrogens with one attached hydrogen (secondary N) is 1. The topological polar surface area (TPSA) is 72.7 Å². The molecule has 122 valence electrons. The zero-order valence-electron chi connectivity index (χ0n) is 13.7. The van der Waals surface area contributed by atoms with E-state index in [4.69, 9.17) is 0 Å². The number of hydrogen-bond acceptors (Lipinski definition) is 4. The normalized spacial score (nSPS) is 10.6. The number of rotatable bonds is 5. The maximum absolute atomic E-state index is 11.9. The Morgan fingerprint density at radius 3 is 2.46 bits per heavy atom. The molecule has 2 heterocycles. The van der Waals surface area contributed by atoms with Crippen molar-refractivity contribution in [3.05, 3.63) is 65.7 Å². The highest BCUT2D eigenvalue weighted by atomic mass is 16.1. The Morgan fingerprint density at radius 2 is 1.83 bits per heavy atom. The van der Waals surface area contributed by atoms with E-state index < -0.39 is 0 Å². The molecule has 1 aromatic carbocycles. The van der Waals surface area contributed by atoms with Crippen LogP contribution in [0.3, 0.4) is 0 Å². The molecule has 0 spiro atoms. The summed E-state index contributed by atoms with van der Waals surface area (Å²) in [5.74, 6) is 0.242. The van der Waals surface area contributed by atoms with Gasteiger partial charge < -0.3 is 0 Å². The predicted octanol–water partition coefficient (Wildman–Crippen LogP) is 2.85. The summed E-state index contributed by atoms with van der Waals surface area (Å²) in [6.07, 6.45) is 4.24. The summed E-state index contributed by atoms with van der Waals surface area (Å²) in [5.41, 5.74) is 4.22. The first-order valence-electron chi connectivity index (χ1n) is 7.81. The minimum atomic E-state index is -0.0937. The molecule has 0 aliphatic rings. The van der Waals surface area contributed by atoms with Gasteiger partial charge in [0, 0.05) is 24.5 Å². The molecule has 6 heteroatoms. The number of benzene rings is 1. The van der Waals surface area contributed by atoms with Gasteiger partial charge in [0.25, 0.3) is 0 Å². The van der Waals surface area contributed by atoms with Crippen LogP contribution < -0.4 is 5.32 Å². The molecular weight excluding hydrogens is 302 g/mol. The Hall–Kier alpha value is -3.02. The molecule has 1 amide bonds. The van der Waals surface area contributed by atoms with Gasteiger partial charge in [-0.2, -0.15) is 5.10 Å². The van der Waals surface area contributed by atoms with E-state index in [-0.39, 0.29) is 5.91 Å². The van der Waals surface area contributed by atoms with Crippen LogP contribution in [0.15, 0.2) is 48.8 Å². The molecule has 24 heavy (non-hydrogen) atoms. The van der Waals surface area contributed by atoms with Crippen molar-refractivity contribution in [2.75, 3.05) is 5.32 Å². The van der Waals surface area contributed by atoms with E-state index in [0.29, 0.717) is 18.8 Å². The standard InChI is InChI=1S/C18H19N5O/c1-13-12-14(2)23(22-13)16-7-4-15(5-8-16)6-9-17(24)21-18-19-10-3-11-20-18/h3-5,7-8,10-12H,6,9H2,1-2H3,(H,19,20,21,24). The maximum Gasteiger partial charge on any atom is 0.229 e. The Balaban J connectivity index is 1.58. The van der Waals surface area contributed by atoms with Crippen molar-refractivity contribution in [1.82, 2.24) is 19.7 Å². The third-order valence-electron chi connectivity index (χ3n) is 3.65. The quantitative estimate of drug-likeness (QED) is 0.784. The first kappa shape index (κ1) is 15.9. The summed E-state index contributed by atoms with van der Waals surface area (Å²) in [7, 11) is 0. The smallest absolute Gasteiger partial charge is 0.229 e. The average molecular weight is 321 g/mol. The fourth-order valence-electron chi connectivity index (χ4n) is 2.50. The van der Waals surface area contributed by atoms with Crippen LogP contribution in [-0.4, -0.2) is 25.7 Å². The lowest BCUT2D eigenvalue weighted by Crippen LogP contribution is -2.14. The summed E-state index contributed by atoms with van der Waals surface area (Å²) >= 11 is 0. The summed E-state index contributed by atoms with van der Waals surface area (Å²) in [6, 6.07) is 11.8. The van der Waals surface area contributed by atoms with Gasteiger partial charge in [-0.15, -0.1) is 0 Å². The van der Waals surface area contributed by atoms with Gasteiger partial charge in [0.1, 0.15) is 0 Å². The molecule has 6 nitrogen and oxygen atoms in total. The lowest BCUT2D eigenvalue weighted by atomic mass is 10.1. The van der Waals surface area contributed by atoms with Crippen molar-refractivity contribution in [2.24, 2.45) is 0 Å². The Bertz CT molecular complexity index is 824. The Labute approximate surface area is 140 Å². The number of anilines is 1. The molecule has 0 radical (unpaired) electrons. The van der Waals surface area contributed by atoms with Gasteiger partial charge in [-0.3, -0.25) is 10.1 Å². The minimum absolute atomic E-state index is 0.0937. The number of aryl methyl sites for hydroxylation is 3. The molecule has 0 atom stereocenters. The number of carbonyl (C=O) groups is 1. The van der Waals surface area contributed by atoms with Crippen LogP contribution in [0, 0.1) is 13.8 Å². The first-order valence-corrected chi connectivity index (χ1v) is 7.81. The van der Waals surface area contributed by atoms with E-state index in [1.54, 1.807) is 18.5 Å². The van der Waals surface area contributed by atoms with Crippen LogP contribution in [0.1, 0.15) is 23.4 Å². The van der Waals surface area contributed by atoms with Crippen molar-refractivity contribution >= 4 is 11.9 Å². The number of amides is 1. The van der Waals surface area contributed by atoms with Gasteiger partial charge in [0.2, 0.25) is 11.9 Å². The number of nitrogens with zero attached hydrogens (tertiary/aromatic N) is 4. The molecule has 0 bridgehead atoms. The summed E-state index contributed by atoms with van der Waals surface area (Å²) < 4.78 is 1.92. The predicted molar refractivity (Wildman–Crippen MR) is 92.0 cm³/mol. The second-order valence-corrected chi connectivity index (χ2v) is 5.63. The minimum Gasteiger partial charge on any atom is -0.295 e. The van der Waals surface area contributed by atoms with E-state index in [1.165, 1.54) is 0 Å². The molecule has 1 N–H and O–H groups in total. The van der Waals surface area contributed by atoms with E-state index in [1.807, 2.05) is 48.9 Å². The fraction of sp³-hybridized carbons (Fsp3) is 0.222. The van der Waals surface area contributed by atoms with Gasteiger partial charge >= 0.3 is 0 Å². The van der Waals surface area contributed by atoms with Gasteiger partial charge in [0.05, 0.1) is 11.4 Å². The van der Waals surface area contributed by atoms with Crippen molar-refractivity contribution in [3.8, 4) is 5.69 Å². The van der Waals surface area contributed by atoms with E-state index >= 15 is 0 Å². The lowest BCUT2D eigenvalue weighted by molar-refractivity contribution is -0.116.